The maximum atomic E-state index is 6.31. The first-order valence-electron chi connectivity index (χ1n) is 18.6. The molecule has 260 valence electrons. The molecule has 7 aromatic carbocycles. The lowest BCUT2D eigenvalue weighted by molar-refractivity contribution is 0.614. The van der Waals surface area contributed by atoms with Gasteiger partial charge in [-0.1, -0.05) is 129 Å². The molecule has 0 radical (unpaired) electrons. The number of hydrogen-bond donors (Lipinski definition) is 0. The van der Waals surface area contributed by atoms with Crippen molar-refractivity contribution >= 4 is 32.9 Å². The van der Waals surface area contributed by atoms with Crippen molar-refractivity contribution in [1.82, 2.24) is 24.5 Å². The van der Waals surface area contributed by atoms with Crippen LogP contribution < -0.4 is 0 Å². The summed E-state index contributed by atoms with van der Waals surface area (Å²) in [6, 6.07) is 56.8. The van der Waals surface area contributed by atoms with Gasteiger partial charge in [0.2, 0.25) is 11.8 Å². The van der Waals surface area contributed by atoms with E-state index in [-0.39, 0.29) is 5.41 Å². The second kappa shape index (κ2) is 11.9. The van der Waals surface area contributed by atoms with Gasteiger partial charge in [0.15, 0.2) is 17.2 Å². The van der Waals surface area contributed by atoms with Crippen LogP contribution in [-0.2, 0) is 5.41 Å². The van der Waals surface area contributed by atoms with Gasteiger partial charge in [-0.2, -0.15) is 9.97 Å². The highest BCUT2D eigenvalue weighted by atomic mass is 16.3. The van der Waals surface area contributed by atoms with E-state index in [1.807, 2.05) is 91.0 Å². The van der Waals surface area contributed by atoms with Gasteiger partial charge in [0.05, 0.1) is 11.0 Å². The molecule has 0 saturated carbocycles. The van der Waals surface area contributed by atoms with Gasteiger partial charge in [-0.25, -0.2) is 9.97 Å². The second-order valence-corrected chi connectivity index (χ2v) is 14.7. The van der Waals surface area contributed by atoms with E-state index in [1.165, 1.54) is 22.3 Å². The molecular formula is C49H33N5O. The van der Waals surface area contributed by atoms with Crippen LogP contribution in [0.1, 0.15) is 25.0 Å². The number of oxazole rings is 1. The molecule has 6 heteroatoms. The highest BCUT2D eigenvalue weighted by Crippen LogP contribution is 2.51. The van der Waals surface area contributed by atoms with E-state index in [2.05, 4.69) is 91.2 Å². The van der Waals surface area contributed by atoms with Crippen molar-refractivity contribution in [1.29, 1.82) is 0 Å². The van der Waals surface area contributed by atoms with Gasteiger partial charge in [0.25, 0.3) is 0 Å². The maximum absolute atomic E-state index is 6.31. The zero-order valence-corrected chi connectivity index (χ0v) is 30.2. The number of para-hydroxylation sites is 1. The summed E-state index contributed by atoms with van der Waals surface area (Å²) in [6.07, 6.45) is 0. The largest absolute Gasteiger partial charge is 0.436 e. The molecule has 11 rings (SSSR count). The number of hydrogen-bond acceptors (Lipinski definition) is 5. The monoisotopic (exact) mass is 707 g/mol. The molecule has 0 N–H and O–H groups in total. The molecule has 3 aromatic heterocycles. The third-order valence-electron chi connectivity index (χ3n) is 11.1. The first-order valence-corrected chi connectivity index (χ1v) is 18.6. The first kappa shape index (κ1) is 31.4. The van der Waals surface area contributed by atoms with E-state index >= 15 is 0 Å². The number of nitrogens with zero attached hydrogens (tertiary/aromatic N) is 5. The summed E-state index contributed by atoms with van der Waals surface area (Å²) in [5, 5.41) is 2.27. The van der Waals surface area contributed by atoms with Crippen LogP contribution in [0, 0.1) is 0 Å². The Morgan fingerprint density at radius 2 is 1.04 bits per heavy atom. The average molecular weight is 708 g/mol. The maximum Gasteiger partial charge on any atom is 0.238 e. The normalized spacial score (nSPS) is 13.1. The lowest BCUT2D eigenvalue weighted by Gasteiger charge is -2.21. The van der Waals surface area contributed by atoms with E-state index < -0.39 is 0 Å². The molecule has 1 aliphatic carbocycles. The van der Waals surface area contributed by atoms with Gasteiger partial charge in [0.1, 0.15) is 5.52 Å². The summed E-state index contributed by atoms with van der Waals surface area (Å²) < 4.78 is 8.48. The molecule has 0 unspecified atom stereocenters. The standard InChI is InChI=1S/C49H33N5O/c1-49(2)39-24-22-33(26-36(39)37-28-41-44(29-40(37)49)55-47(50-41)32-18-10-5-11-19-32)34-23-25-43-38(27-34)35-20-12-13-21-42(35)54(43)48-52-45(30-14-6-3-7-15-30)51-46(53-48)31-16-8-4-9-17-31/h3-29H,1-2H3. The molecule has 55 heavy (non-hydrogen) atoms. The summed E-state index contributed by atoms with van der Waals surface area (Å²) in [5.74, 6) is 2.49. The van der Waals surface area contributed by atoms with E-state index in [4.69, 9.17) is 24.4 Å². The van der Waals surface area contributed by atoms with E-state index in [9.17, 15) is 0 Å². The number of benzene rings is 7. The van der Waals surface area contributed by atoms with Crippen LogP contribution in [0.15, 0.2) is 168 Å². The van der Waals surface area contributed by atoms with Gasteiger partial charge < -0.3 is 4.42 Å². The van der Waals surface area contributed by atoms with Gasteiger partial charge in [-0.05, 0) is 81.9 Å². The molecule has 0 atom stereocenters. The first-order chi connectivity index (χ1) is 27.0. The third kappa shape index (κ3) is 4.95. The Labute approximate surface area is 317 Å². The van der Waals surface area contributed by atoms with Crippen molar-refractivity contribution in [2.24, 2.45) is 0 Å². The van der Waals surface area contributed by atoms with Crippen LogP contribution in [0.5, 0.6) is 0 Å². The Bertz CT molecular complexity index is 3050. The fraction of sp³-hybridized carbons (Fsp3) is 0.0612. The molecule has 0 amide bonds. The van der Waals surface area contributed by atoms with E-state index in [1.54, 1.807) is 0 Å². The zero-order valence-electron chi connectivity index (χ0n) is 30.2. The number of rotatable bonds is 5. The smallest absolute Gasteiger partial charge is 0.238 e. The zero-order chi connectivity index (χ0) is 36.7. The molecule has 10 aromatic rings. The molecule has 0 bridgehead atoms. The van der Waals surface area contributed by atoms with Crippen LogP contribution in [-0.4, -0.2) is 24.5 Å². The van der Waals surface area contributed by atoms with Crippen molar-refractivity contribution in [3.05, 3.63) is 175 Å². The minimum absolute atomic E-state index is 0.184. The molecule has 1 aliphatic rings. The summed E-state index contributed by atoms with van der Waals surface area (Å²) in [5.41, 5.74) is 13.7. The predicted molar refractivity (Wildman–Crippen MR) is 221 cm³/mol. The molecule has 6 nitrogen and oxygen atoms in total. The summed E-state index contributed by atoms with van der Waals surface area (Å²) in [6.45, 7) is 4.60. The highest BCUT2D eigenvalue weighted by molar-refractivity contribution is 6.10. The highest BCUT2D eigenvalue weighted by Gasteiger charge is 2.36. The molecule has 0 fully saturated rings. The van der Waals surface area contributed by atoms with Crippen molar-refractivity contribution in [2.75, 3.05) is 0 Å². The van der Waals surface area contributed by atoms with Gasteiger partial charge in [0, 0.05) is 32.9 Å². The Hall–Kier alpha value is -7.18. The molecule has 0 spiro atoms. The van der Waals surface area contributed by atoms with Crippen LogP contribution in [0.25, 0.3) is 95.3 Å². The van der Waals surface area contributed by atoms with Crippen molar-refractivity contribution in [3.8, 4) is 62.4 Å². The van der Waals surface area contributed by atoms with Crippen molar-refractivity contribution < 1.29 is 4.42 Å². The summed E-state index contributed by atoms with van der Waals surface area (Å²) in [7, 11) is 0. The Kier molecular flexibility index (Phi) is 6.79. The number of fused-ring (bicyclic) bond motifs is 7. The minimum Gasteiger partial charge on any atom is -0.436 e. The van der Waals surface area contributed by atoms with E-state index in [0.717, 1.165) is 60.7 Å². The Morgan fingerprint density at radius 3 is 1.75 bits per heavy atom. The van der Waals surface area contributed by atoms with Gasteiger partial charge >= 0.3 is 0 Å². The van der Waals surface area contributed by atoms with Crippen LogP contribution in [0.3, 0.4) is 0 Å². The van der Waals surface area contributed by atoms with Crippen molar-refractivity contribution in [2.45, 2.75) is 19.3 Å². The molecule has 3 heterocycles. The van der Waals surface area contributed by atoms with Crippen LogP contribution >= 0.6 is 0 Å². The second-order valence-electron chi connectivity index (χ2n) is 14.7. The molecule has 0 aliphatic heterocycles. The summed E-state index contributed by atoms with van der Waals surface area (Å²) >= 11 is 0. The lowest BCUT2D eigenvalue weighted by atomic mass is 9.82. The van der Waals surface area contributed by atoms with Crippen molar-refractivity contribution in [3.63, 3.8) is 0 Å². The molecular weight excluding hydrogens is 675 g/mol. The Balaban J connectivity index is 1.06. The fourth-order valence-electron chi connectivity index (χ4n) is 8.32. The van der Waals surface area contributed by atoms with Gasteiger partial charge in [-0.15, -0.1) is 0 Å². The van der Waals surface area contributed by atoms with E-state index in [0.29, 0.717) is 23.5 Å². The van der Waals surface area contributed by atoms with Gasteiger partial charge in [-0.3, -0.25) is 4.57 Å². The molecule has 0 saturated heterocycles. The Morgan fingerprint density at radius 1 is 0.455 bits per heavy atom. The predicted octanol–water partition coefficient (Wildman–Crippen LogP) is 12.1. The minimum atomic E-state index is -0.184. The quantitative estimate of drug-likeness (QED) is 0.178. The lowest BCUT2D eigenvalue weighted by Crippen LogP contribution is -2.14. The van der Waals surface area contributed by atoms with Crippen LogP contribution in [0.4, 0.5) is 0 Å². The van der Waals surface area contributed by atoms with Crippen LogP contribution in [0.2, 0.25) is 0 Å². The SMILES string of the molecule is CC1(C)c2ccc(-c3ccc4c(c3)c3ccccc3n4-c3nc(-c4ccccc4)nc(-c4ccccc4)n3)cc2-c2cc3nc(-c4ccccc4)oc3cc21. The topological polar surface area (TPSA) is 69.6 Å². The number of aromatic nitrogens is 5. The average Bonchev–Trinajstić information content (AvgIpc) is 3.88. The fourth-order valence-corrected chi connectivity index (χ4v) is 8.32. The third-order valence-corrected chi connectivity index (χ3v) is 11.1. The summed E-state index contributed by atoms with van der Waals surface area (Å²) in [4.78, 5) is 20.0.